The minimum atomic E-state index is -3.32. The van der Waals surface area contributed by atoms with E-state index in [1.165, 1.54) is 17.6 Å². The van der Waals surface area contributed by atoms with E-state index in [0.717, 1.165) is 40.5 Å². The van der Waals surface area contributed by atoms with Crippen LogP contribution in [0.1, 0.15) is 30.8 Å². The number of likely N-dealkylation sites (N-methyl/N-ethyl adjacent to an activating group) is 1. The van der Waals surface area contributed by atoms with Crippen molar-refractivity contribution in [1.29, 1.82) is 0 Å². The first-order valence-electron chi connectivity index (χ1n) is 13.0. The van der Waals surface area contributed by atoms with Crippen LogP contribution in [0.25, 0.3) is 26.7 Å². The average molecular weight is 583 g/mol. The Kier molecular flexibility index (Phi) is 7.96. The van der Waals surface area contributed by atoms with Gasteiger partial charge in [-0.3, -0.25) is 9.69 Å². The van der Waals surface area contributed by atoms with Crippen LogP contribution in [0.3, 0.4) is 0 Å². The number of hydrogen-bond acceptors (Lipinski definition) is 6. The molecule has 0 N–H and O–H groups in total. The van der Waals surface area contributed by atoms with Crippen molar-refractivity contribution in [2.24, 2.45) is 0 Å². The minimum absolute atomic E-state index is 0.0886. The predicted molar refractivity (Wildman–Crippen MR) is 158 cm³/mol. The summed E-state index contributed by atoms with van der Waals surface area (Å²) in [7, 11) is -3.32. The summed E-state index contributed by atoms with van der Waals surface area (Å²) in [4.78, 5) is 20.0. The number of likely N-dealkylation sites (tertiary alicyclic amines) is 1. The number of amides is 1. The molecule has 10 heteroatoms. The Morgan fingerprint density at radius 1 is 1.05 bits per heavy atom. The van der Waals surface area contributed by atoms with Gasteiger partial charge in [-0.15, -0.1) is 11.3 Å². The van der Waals surface area contributed by atoms with Crippen molar-refractivity contribution in [3.05, 3.63) is 77.4 Å². The molecule has 2 aromatic heterocycles. The maximum absolute atomic E-state index is 13.6. The van der Waals surface area contributed by atoms with Gasteiger partial charge in [-0.25, -0.2) is 13.1 Å². The second kappa shape index (κ2) is 11.3. The van der Waals surface area contributed by atoms with Crippen LogP contribution in [-0.4, -0.2) is 72.4 Å². The fourth-order valence-corrected chi connectivity index (χ4v) is 6.99. The first kappa shape index (κ1) is 27.6. The lowest BCUT2D eigenvalue weighted by Gasteiger charge is -2.25. The van der Waals surface area contributed by atoms with Crippen LogP contribution >= 0.6 is 22.9 Å². The second-order valence-electron chi connectivity index (χ2n) is 9.66. The van der Waals surface area contributed by atoms with Crippen LogP contribution in [-0.2, 0) is 9.84 Å². The predicted octanol–water partition coefficient (Wildman–Crippen LogP) is 5.88. The van der Waals surface area contributed by atoms with Gasteiger partial charge in [0.25, 0.3) is 5.91 Å². The highest BCUT2D eigenvalue weighted by molar-refractivity contribution is 7.90. The summed E-state index contributed by atoms with van der Waals surface area (Å²) in [5.74, 6) is -0.0886. The Labute approximate surface area is 238 Å². The molecule has 1 amide bonds. The Bertz CT molecular complexity index is 1610. The topological polar surface area (TPSA) is 75.5 Å². The van der Waals surface area contributed by atoms with Crippen LogP contribution < -0.4 is 0 Å². The van der Waals surface area contributed by atoms with E-state index in [1.807, 2.05) is 47.4 Å². The van der Waals surface area contributed by atoms with Gasteiger partial charge in [0.2, 0.25) is 0 Å². The maximum Gasteiger partial charge on any atom is 0.274 e. The molecule has 5 rings (SSSR count). The van der Waals surface area contributed by atoms with Gasteiger partial charge in [0, 0.05) is 30.3 Å². The zero-order valence-electron chi connectivity index (χ0n) is 22.2. The first-order chi connectivity index (χ1) is 18.7. The molecule has 1 atom stereocenters. The zero-order valence-corrected chi connectivity index (χ0v) is 24.6. The summed E-state index contributed by atoms with van der Waals surface area (Å²) >= 11 is 8.08. The van der Waals surface area contributed by atoms with Crippen molar-refractivity contribution in [3.63, 3.8) is 0 Å². The number of aromatic nitrogens is 2. The van der Waals surface area contributed by atoms with E-state index < -0.39 is 9.84 Å². The van der Waals surface area contributed by atoms with Crippen LogP contribution in [0.5, 0.6) is 0 Å². The van der Waals surface area contributed by atoms with E-state index in [9.17, 15) is 13.2 Å². The van der Waals surface area contributed by atoms with Gasteiger partial charge in [-0.2, -0.15) is 5.10 Å². The highest BCUT2D eigenvalue weighted by atomic mass is 35.5. The highest BCUT2D eigenvalue weighted by Gasteiger charge is 2.31. The van der Waals surface area contributed by atoms with Crippen molar-refractivity contribution >= 4 is 38.7 Å². The number of nitrogens with zero attached hydrogens (tertiary/aromatic N) is 4. The first-order valence-corrected chi connectivity index (χ1v) is 16.1. The van der Waals surface area contributed by atoms with Crippen molar-refractivity contribution in [3.8, 4) is 26.7 Å². The molecule has 1 fully saturated rings. The quantitative estimate of drug-likeness (QED) is 0.259. The number of sulfone groups is 1. The van der Waals surface area contributed by atoms with Gasteiger partial charge in [-0.1, -0.05) is 49.7 Å². The highest BCUT2D eigenvalue weighted by Crippen LogP contribution is 2.37. The van der Waals surface area contributed by atoms with Gasteiger partial charge in [-0.05, 0) is 67.5 Å². The Morgan fingerprint density at radius 3 is 2.51 bits per heavy atom. The minimum Gasteiger partial charge on any atom is -0.336 e. The fourth-order valence-electron chi connectivity index (χ4n) is 5.11. The second-order valence-corrected chi connectivity index (χ2v) is 13.2. The van der Waals surface area contributed by atoms with Gasteiger partial charge in [0.1, 0.15) is 0 Å². The molecule has 4 aromatic rings. The number of halogens is 1. The lowest BCUT2D eigenvalue weighted by Crippen LogP contribution is -2.38. The maximum atomic E-state index is 13.6. The third-order valence-corrected chi connectivity index (χ3v) is 9.78. The zero-order chi connectivity index (χ0) is 27.7. The summed E-state index contributed by atoms with van der Waals surface area (Å²) in [6.45, 7) is 7.61. The molecule has 1 unspecified atom stereocenters. The summed E-state index contributed by atoms with van der Waals surface area (Å²) in [6, 6.07) is 20.5. The van der Waals surface area contributed by atoms with E-state index >= 15 is 0 Å². The molecular weight excluding hydrogens is 552 g/mol. The van der Waals surface area contributed by atoms with Crippen LogP contribution in [0.4, 0.5) is 0 Å². The number of para-hydroxylation sites is 1. The van der Waals surface area contributed by atoms with E-state index in [4.69, 9.17) is 16.7 Å². The molecule has 0 aliphatic carbocycles. The van der Waals surface area contributed by atoms with Crippen molar-refractivity contribution < 1.29 is 13.2 Å². The summed E-state index contributed by atoms with van der Waals surface area (Å²) in [5.41, 5.74) is 2.62. The number of carbonyl (C=O) groups is 1. The molecule has 0 spiro atoms. The molecule has 2 aromatic carbocycles. The van der Waals surface area contributed by atoms with Gasteiger partial charge < -0.3 is 4.90 Å². The monoisotopic (exact) mass is 582 g/mol. The Balaban J connectivity index is 1.52. The van der Waals surface area contributed by atoms with E-state index in [2.05, 4.69) is 18.7 Å². The molecule has 204 valence electrons. The lowest BCUT2D eigenvalue weighted by atomic mass is 10.2. The molecule has 0 bridgehead atoms. The summed E-state index contributed by atoms with van der Waals surface area (Å²) < 4.78 is 25.9. The SMILES string of the molecule is CCN(CC)C1CCN(C(=O)c2cc(-c3ccc(-c4cccc(S(C)(=O)=O)c4)s3)n(-c3ccccc3Cl)n2)C1. The van der Waals surface area contributed by atoms with Crippen LogP contribution in [0.15, 0.2) is 71.6 Å². The van der Waals surface area contributed by atoms with E-state index in [1.54, 1.807) is 28.9 Å². The summed E-state index contributed by atoms with van der Waals surface area (Å²) in [6.07, 6.45) is 2.16. The molecule has 7 nitrogen and oxygen atoms in total. The third kappa shape index (κ3) is 5.68. The molecular formula is C29H31ClN4O3S2. The fraction of sp³-hybridized carbons (Fsp3) is 0.310. The Morgan fingerprint density at radius 2 is 1.79 bits per heavy atom. The van der Waals surface area contributed by atoms with Gasteiger partial charge in [0.15, 0.2) is 15.5 Å². The van der Waals surface area contributed by atoms with Crippen molar-refractivity contribution in [2.75, 3.05) is 32.4 Å². The van der Waals surface area contributed by atoms with Crippen LogP contribution in [0, 0.1) is 0 Å². The standard InChI is InChI=1S/C29H31ClN4O3S2/c1-4-32(5-2)21-15-16-33(19-21)29(35)24-18-26(34(31-24)25-12-7-6-11-23(25)30)28-14-13-27(38-28)20-9-8-10-22(17-20)39(3,36)37/h6-14,17-18,21H,4-5,15-16,19H2,1-3H3. The lowest BCUT2D eigenvalue weighted by molar-refractivity contribution is 0.0771. The summed E-state index contributed by atoms with van der Waals surface area (Å²) in [5, 5.41) is 5.28. The van der Waals surface area contributed by atoms with Gasteiger partial charge >= 0.3 is 0 Å². The van der Waals surface area contributed by atoms with Crippen molar-refractivity contribution in [1.82, 2.24) is 19.6 Å². The number of benzene rings is 2. The third-order valence-electron chi connectivity index (χ3n) is 7.19. The normalized spacial score (nSPS) is 15.8. The molecule has 1 aliphatic rings. The molecule has 0 saturated carbocycles. The molecule has 0 radical (unpaired) electrons. The molecule has 3 heterocycles. The number of carbonyl (C=O) groups excluding carboxylic acids is 1. The van der Waals surface area contributed by atoms with Gasteiger partial charge in [0.05, 0.1) is 26.2 Å². The smallest absolute Gasteiger partial charge is 0.274 e. The number of hydrogen-bond donors (Lipinski definition) is 0. The molecule has 1 saturated heterocycles. The largest absolute Gasteiger partial charge is 0.336 e. The average Bonchev–Trinajstić information content (AvgIpc) is 3.69. The van der Waals surface area contributed by atoms with E-state index in [-0.39, 0.29) is 10.8 Å². The number of thiophene rings is 1. The Hall–Kier alpha value is -2.98. The molecule has 1 aliphatic heterocycles. The van der Waals surface area contributed by atoms with E-state index in [0.29, 0.717) is 35.5 Å². The number of rotatable bonds is 8. The van der Waals surface area contributed by atoms with Crippen molar-refractivity contribution in [2.45, 2.75) is 31.2 Å². The van der Waals surface area contributed by atoms with Crippen LogP contribution in [0.2, 0.25) is 5.02 Å². The molecule has 39 heavy (non-hydrogen) atoms.